The fourth-order valence-electron chi connectivity index (χ4n) is 1.78. The molecule has 2 N–H and O–H groups in total. The monoisotopic (exact) mass is 226 g/mol. The summed E-state index contributed by atoms with van der Waals surface area (Å²) in [6.45, 7) is 1.37. The Balaban J connectivity index is 2.07. The van der Waals surface area contributed by atoms with Gasteiger partial charge in [0.2, 0.25) is 0 Å². The van der Waals surface area contributed by atoms with Crippen LogP contribution in [-0.2, 0) is 0 Å². The van der Waals surface area contributed by atoms with Crippen LogP contribution in [0.15, 0.2) is 10.7 Å². The first-order chi connectivity index (χ1) is 7.66. The Bertz CT molecular complexity index is 377. The van der Waals surface area contributed by atoms with Gasteiger partial charge in [-0.1, -0.05) is 0 Å². The molecule has 2 heterocycles. The summed E-state index contributed by atoms with van der Waals surface area (Å²) in [4.78, 5) is 16.4. The van der Waals surface area contributed by atoms with E-state index in [1.54, 1.807) is 0 Å². The quantitative estimate of drug-likeness (QED) is 0.772. The van der Waals surface area contributed by atoms with Crippen LogP contribution in [0.4, 0.5) is 6.01 Å². The van der Waals surface area contributed by atoms with Crippen molar-refractivity contribution in [1.82, 2.24) is 4.98 Å². The average molecular weight is 226 g/mol. The van der Waals surface area contributed by atoms with E-state index in [1.807, 2.05) is 4.90 Å². The normalized spacial score (nSPS) is 21.8. The molecule has 0 aromatic carbocycles. The van der Waals surface area contributed by atoms with Gasteiger partial charge in [0.15, 0.2) is 5.69 Å². The van der Waals surface area contributed by atoms with E-state index in [9.17, 15) is 9.90 Å². The highest BCUT2D eigenvalue weighted by Gasteiger charge is 2.20. The van der Waals surface area contributed by atoms with Crippen molar-refractivity contribution in [3.63, 3.8) is 0 Å². The second-order valence-electron chi connectivity index (χ2n) is 3.89. The fraction of sp³-hybridized carbons (Fsp3) is 0.600. The van der Waals surface area contributed by atoms with E-state index in [2.05, 4.69) is 4.98 Å². The predicted octanol–water partition coefficient (Wildman–Crippen LogP) is 0.724. The molecular weight excluding hydrogens is 212 g/mol. The molecule has 88 valence electrons. The highest BCUT2D eigenvalue weighted by molar-refractivity contribution is 5.85. The zero-order chi connectivity index (χ0) is 11.5. The molecule has 1 aliphatic heterocycles. The minimum absolute atomic E-state index is 0.0835. The lowest BCUT2D eigenvalue weighted by Crippen LogP contribution is -2.25. The van der Waals surface area contributed by atoms with Crippen molar-refractivity contribution < 1.29 is 19.4 Å². The number of nitrogens with zero attached hydrogens (tertiary/aromatic N) is 2. The van der Waals surface area contributed by atoms with Crippen molar-refractivity contribution in [2.24, 2.45) is 0 Å². The molecular formula is C10H14N2O4. The SMILES string of the molecule is O=C(O)c1coc(N2CCCC(O)CC2)n1. The number of carboxylic acid groups (broad SMARTS) is 1. The third kappa shape index (κ3) is 2.33. The van der Waals surface area contributed by atoms with E-state index < -0.39 is 5.97 Å². The molecule has 1 aliphatic rings. The van der Waals surface area contributed by atoms with Gasteiger partial charge in [0.25, 0.3) is 6.01 Å². The number of aliphatic hydroxyl groups excluding tert-OH is 1. The van der Waals surface area contributed by atoms with E-state index in [1.165, 1.54) is 0 Å². The molecule has 2 rings (SSSR count). The van der Waals surface area contributed by atoms with E-state index in [-0.39, 0.29) is 11.8 Å². The van der Waals surface area contributed by atoms with Crippen molar-refractivity contribution >= 4 is 12.0 Å². The number of aliphatic hydroxyl groups is 1. The van der Waals surface area contributed by atoms with Crippen LogP contribution >= 0.6 is 0 Å². The number of aromatic nitrogens is 1. The largest absolute Gasteiger partial charge is 0.476 e. The van der Waals surface area contributed by atoms with Crippen LogP contribution in [0.2, 0.25) is 0 Å². The molecule has 0 saturated carbocycles. The van der Waals surface area contributed by atoms with Crippen LogP contribution in [0.3, 0.4) is 0 Å². The summed E-state index contributed by atoms with van der Waals surface area (Å²) in [5, 5.41) is 18.2. The molecule has 0 radical (unpaired) electrons. The summed E-state index contributed by atoms with van der Waals surface area (Å²) in [5.41, 5.74) is -0.0835. The molecule has 16 heavy (non-hydrogen) atoms. The molecule has 1 unspecified atom stereocenters. The molecule has 0 spiro atoms. The zero-order valence-electron chi connectivity index (χ0n) is 8.80. The number of oxazole rings is 1. The standard InChI is InChI=1S/C10H14N2O4/c13-7-2-1-4-12(5-3-7)10-11-8(6-16-10)9(14)15/h6-7,13H,1-5H2,(H,14,15). The molecule has 6 heteroatoms. The van der Waals surface area contributed by atoms with Crippen LogP contribution in [0.5, 0.6) is 0 Å². The second-order valence-corrected chi connectivity index (χ2v) is 3.89. The average Bonchev–Trinajstić information content (AvgIpc) is 2.63. The fourth-order valence-corrected chi connectivity index (χ4v) is 1.78. The maximum Gasteiger partial charge on any atom is 0.357 e. The molecule has 1 aromatic rings. The van der Waals surface area contributed by atoms with Gasteiger partial charge in [-0.05, 0) is 19.3 Å². The molecule has 6 nitrogen and oxygen atoms in total. The lowest BCUT2D eigenvalue weighted by atomic mass is 10.2. The third-order valence-corrected chi connectivity index (χ3v) is 2.68. The summed E-state index contributed by atoms with van der Waals surface area (Å²) in [6, 6.07) is 0.325. The first kappa shape index (κ1) is 10.9. The van der Waals surface area contributed by atoms with E-state index in [0.717, 1.165) is 25.6 Å². The first-order valence-corrected chi connectivity index (χ1v) is 5.28. The Labute approximate surface area is 92.5 Å². The summed E-state index contributed by atoms with van der Waals surface area (Å²) in [6.07, 6.45) is 3.14. The number of aromatic carboxylic acids is 1. The number of carboxylic acids is 1. The first-order valence-electron chi connectivity index (χ1n) is 5.28. The Kier molecular flexibility index (Phi) is 3.09. The summed E-state index contributed by atoms with van der Waals surface area (Å²) in [7, 11) is 0. The van der Waals surface area contributed by atoms with Gasteiger partial charge < -0.3 is 19.5 Å². The van der Waals surface area contributed by atoms with E-state index >= 15 is 0 Å². The van der Waals surface area contributed by atoms with Gasteiger partial charge in [-0.15, -0.1) is 0 Å². The van der Waals surface area contributed by atoms with Crippen molar-refractivity contribution in [2.45, 2.75) is 25.4 Å². The number of carbonyl (C=O) groups is 1. The predicted molar refractivity (Wildman–Crippen MR) is 55.5 cm³/mol. The Hall–Kier alpha value is -1.56. The topological polar surface area (TPSA) is 86.8 Å². The van der Waals surface area contributed by atoms with Crippen LogP contribution in [0.1, 0.15) is 29.8 Å². The Morgan fingerprint density at radius 3 is 3.00 bits per heavy atom. The van der Waals surface area contributed by atoms with Crippen molar-refractivity contribution in [3.05, 3.63) is 12.0 Å². The van der Waals surface area contributed by atoms with Gasteiger partial charge in [0.05, 0.1) is 6.10 Å². The third-order valence-electron chi connectivity index (χ3n) is 2.68. The minimum Gasteiger partial charge on any atom is -0.476 e. The smallest absolute Gasteiger partial charge is 0.357 e. The van der Waals surface area contributed by atoms with Crippen molar-refractivity contribution in [3.8, 4) is 0 Å². The second kappa shape index (κ2) is 4.52. The van der Waals surface area contributed by atoms with Crippen molar-refractivity contribution in [2.75, 3.05) is 18.0 Å². The Morgan fingerprint density at radius 1 is 1.50 bits per heavy atom. The number of hydrogen-bond donors (Lipinski definition) is 2. The van der Waals surface area contributed by atoms with Gasteiger partial charge in [-0.2, -0.15) is 4.98 Å². The molecule has 0 bridgehead atoms. The lowest BCUT2D eigenvalue weighted by molar-refractivity contribution is 0.0690. The molecule has 1 atom stereocenters. The van der Waals surface area contributed by atoms with Gasteiger partial charge >= 0.3 is 5.97 Å². The van der Waals surface area contributed by atoms with Crippen LogP contribution in [-0.4, -0.2) is 40.4 Å². The van der Waals surface area contributed by atoms with Crippen LogP contribution in [0.25, 0.3) is 0 Å². The zero-order valence-corrected chi connectivity index (χ0v) is 8.80. The van der Waals surface area contributed by atoms with Crippen LogP contribution < -0.4 is 4.90 Å². The van der Waals surface area contributed by atoms with Gasteiger partial charge in [-0.3, -0.25) is 0 Å². The minimum atomic E-state index is -1.09. The molecule has 0 amide bonds. The Morgan fingerprint density at radius 2 is 2.31 bits per heavy atom. The summed E-state index contributed by atoms with van der Waals surface area (Å²) < 4.78 is 5.11. The highest BCUT2D eigenvalue weighted by Crippen LogP contribution is 2.19. The van der Waals surface area contributed by atoms with Crippen molar-refractivity contribution in [1.29, 1.82) is 0 Å². The number of rotatable bonds is 2. The van der Waals surface area contributed by atoms with E-state index in [4.69, 9.17) is 9.52 Å². The van der Waals surface area contributed by atoms with Gasteiger partial charge in [0.1, 0.15) is 6.26 Å². The number of hydrogen-bond acceptors (Lipinski definition) is 5. The summed E-state index contributed by atoms with van der Waals surface area (Å²) in [5.74, 6) is -1.09. The molecule has 0 aliphatic carbocycles. The molecule has 1 saturated heterocycles. The summed E-state index contributed by atoms with van der Waals surface area (Å²) >= 11 is 0. The highest BCUT2D eigenvalue weighted by atomic mass is 16.4. The number of anilines is 1. The molecule has 1 fully saturated rings. The van der Waals surface area contributed by atoms with Gasteiger partial charge in [-0.25, -0.2) is 4.79 Å². The maximum atomic E-state index is 10.6. The van der Waals surface area contributed by atoms with Crippen LogP contribution in [0, 0.1) is 0 Å². The van der Waals surface area contributed by atoms with Gasteiger partial charge in [0, 0.05) is 13.1 Å². The van der Waals surface area contributed by atoms with E-state index in [0.29, 0.717) is 19.0 Å². The maximum absolute atomic E-state index is 10.6. The molecule has 1 aromatic heterocycles. The lowest BCUT2D eigenvalue weighted by Gasteiger charge is -2.16.